The Balaban J connectivity index is 2.51. The molecule has 0 aliphatic carbocycles. The summed E-state index contributed by atoms with van der Waals surface area (Å²) < 4.78 is 5.04. The maximum Gasteiger partial charge on any atom is 0.305 e. The summed E-state index contributed by atoms with van der Waals surface area (Å²) in [6, 6.07) is 0. The standard InChI is InChI=1S/C13H20N2O4/c1-4-15(8-7-13(17)18)12(16)6-5-11-9(2)14-19-10(11)3/h4-8H2,1-3H3,(H,17,18). The Morgan fingerprint density at radius 3 is 2.47 bits per heavy atom. The molecule has 0 bridgehead atoms. The fourth-order valence-electron chi connectivity index (χ4n) is 1.94. The molecule has 0 saturated heterocycles. The quantitative estimate of drug-likeness (QED) is 0.811. The number of carbonyl (C=O) groups excluding carboxylic acids is 1. The fourth-order valence-corrected chi connectivity index (χ4v) is 1.94. The van der Waals surface area contributed by atoms with Crippen LogP contribution in [0.4, 0.5) is 0 Å². The SMILES string of the molecule is CCN(CCC(=O)O)C(=O)CCc1c(C)noc1C. The van der Waals surface area contributed by atoms with Crippen LogP contribution in [0.1, 0.15) is 36.8 Å². The van der Waals surface area contributed by atoms with Crippen molar-refractivity contribution < 1.29 is 19.2 Å². The zero-order chi connectivity index (χ0) is 14.4. The average molecular weight is 268 g/mol. The summed E-state index contributed by atoms with van der Waals surface area (Å²) in [7, 11) is 0. The summed E-state index contributed by atoms with van der Waals surface area (Å²) >= 11 is 0. The van der Waals surface area contributed by atoms with Crippen molar-refractivity contribution in [3.63, 3.8) is 0 Å². The van der Waals surface area contributed by atoms with Crippen molar-refractivity contribution in [1.29, 1.82) is 0 Å². The van der Waals surface area contributed by atoms with E-state index in [9.17, 15) is 9.59 Å². The molecule has 1 rings (SSSR count). The van der Waals surface area contributed by atoms with Crippen LogP contribution in [-0.4, -0.2) is 40.1 Å². The van der Waals surface area contributed by atoms with Crippen molar-refractivity contribution in [3.8, 4) is 0 Å². The highest BCUT2D eigenvalue weighted by molar-refractivity contribution is 5.77. The van der Waals surface area contributed by atoms with Gasteiger partial charge < -0.3 is 14.5 Å². The lowest BCUT2D eigenvalue weighted by Crippen LogP contribution is -2.33. The van der Waals surface area contributed by atoms with Crippen LogP contribution < -0.4 is 0 Å². The van der Waals surface area contributed by atoms with Gasteiger partial charge in [0.2, 0.25) is 5.91 Å². The second-order valence-electron chi connectivity index (χ2n) is 4.42. The van der Waals surface area contributed by atoms with Gasteiger partial charge in [-0.15, -0.1) is 0 Å². The smallest absolute Gasteiger partial charge is 0.305 e. The highest BCUT2D eigenvalue weighted by Gasteiger charge is 2.15. The van der Waals surface area contributed by atoms with E-state index in [0.717, 1.165) is 17.0 Å². The monoisotopic (exact) mass is 268 g/mol. The van der Waals surface area contributed by atoms with Crippen LogP contribution in [0.15, 0.2) is 4.52 Å². The molecule has 1 heterocycles. The Bertz CT molecular complexity index is 434. The van der Waals surface area contributed by atoms with Crippen molar-refractivity contribution in [2.24, 2.45) is 0 Å². The first-order valence-corrected chi connectivity index (χ1v) is 6.37. The van der Waals surface area contributed by atoms with Crippen LogP contribution in [0.2, 0.25) is 0 Å². The van der Waals surface area contributed by atoms with Crippen LogP contribution in [0.3, 0.4) is 0 Å². The topological polar surface area (TPSA) is 83.6 Å². The van der Waals surface area contributed by atoms with Gasteiger partial charge in [-0.05, 0) is 27.2 Å². The molecule has 6 heteroatoms. The Kier molecular flexibility index (Phi) is 5.54. The molecule has 0 radical (unpaired) electrons. The number of hydrogen-bond donors (Lipinski definition) is 1. The molecule has 106 valence electrons. The van der Waals surface area contributed by atoms with E-state index in [2.05, 4.69) is 5.16 Å². The van der Waals surface area contributed by atoms with Gasteiger partial charge >= 0.3 is 5.97 Å². The zero-order valence-electron chi connectivity index (χ0n) is 11.6. The van der Waals surface area contributed by atoms with Gasteiger partial charge in [0.1, 0.15) is 5.76 Å². The van der Waals surface area contributed by atoms with E-state index in [1.54, 1.807) is 4.90 Å². The molecule has 0 atom stereocenters. The number of hydrogen-bond acceptors (Lipinski definition) is 4. The van der Waals surface area contributed by atoms with Crippen LogP contribution in [0.25, 0.3) is 0 Å². The molecule has 0 saturated carbocycles. The Morgan fingerprint density at radius 2 is 2.00 bits per heavy atom. The number of rotatable bonds is 7. The normalized spacial score (nSPS) is 10.5. The number of aryl methyl sites for hydroxylation is 2. The van der Waals surface area contributed by atoms with E-state index in [1.165, 1.54) is 0 Å². The summed E-state index contributed by atoms with van der Waals surface area (Å²) in [6.45, 7) is 6.29. The molecule has 0 unspecified atom stereocenters. The first-order chi connectivity index (χ1) is 8.95. The molecule has 1 N–H and O–H groups in total. The van der Waals surface area contributed by atoms with Crippen molar-refractivity contribution in [1.82, 2.24) is 10.1 Å². The van der Waals surface area contributed by atoms with Gasteiger partial charge in [-0.2, -0.15) is 0 Å². The lowest BCUT2D eigenvalue weighted by atomic mass is 10.1. The summed E-state index contributed by atoms with van der Waals surface area (Å²) in [6.07, 6.45) is 0.894. The first-order valence-electron chi connectivity index (χ1n) is 6.37. The third kappa shape index (κ3) is 4.39. The molecule has 0 aromatic carbocycles. The number of aliphatic carboxylic acids is 1. The number of carboxylic acids is 1. The lowest BCUT2D eigenvalue weighted by molar-refractivity contribution is -0.138. The second kappa shape index (κ2) is 6.92. The van der Waals surface area contributed by atoms with Gasteiger partial charge in [-0.1, -0.05) is 5.16 Å². The van der Waals surface area contributed by atoms with Crippen molar-refractivity contribution >= 4 is 11.9 Å². The molecule has 0 aliphatic heterocycles. The van der Waals surface area contributed by atoms with Crippen LogP contribution in [0.5, 0.6) is 0 Å². The van der Waals surface area contributed by atoms with Crippen LogP contribution in [0, 0.1) is 13.8 Å². The maximum atomic E-state index is 12.0. The van der Waals surface area contributed by atoms with Crippen molar-refractivity contribution in [2.45, 2.75) is 40.0 Å². The molecule has 19 heavy (non-hydrogen) atoms. The number of carbonyl (C=O) groups is 2. The third-order valence-corrected chi connectivity index (χ3v) is 3.10. The van der Waals surface area contributed by atoms with Gasteiger partial charge in [0.15, 0.2) is 0 Å². The number of aromatic nitrogens is 1. The number of nitrogens with zero attached hydrogens (tertiary/aromatic N) is 2. The highest BCUT2D eigenvalue weighted by Crippen LogP contribution is 2.15. The third-order valence-electron chi connectivity index (χ3n) is 3.10. The average Bonchev–Trinajstić information content (AvgIpc) is 2.67. The summed E-state index contributed by atoms with van der Waals surface area (Å²) in [5.41, 5.74) is 1.77. The molecular weight excluding hydrogens is 248 g/mol. The maximum absolute atomic E-state index is 12.0. The predicted molar refractivity (Wildman–Crippen MR) is 68.8 cm³/mol. The molecule has 0 aliphatic rings. The number of amides is 1. The van der Waals surface area contributed by atoms with E-state index in [0.29, 0.717) is 19.4 Å². The lowest BCUT2D eigenvalue weighted by Gasteiger charge is -2.19. The minimum atomic E-state index is -0.892. The van der Waals surface area contributed by atoms with Crippen molar-refractivity contribution in [3.05, 3.63) is 17.0 Å². The van der Waals surface area contributed by atoms with E-state index in [4.69, 9.17) is 9.63 Å². The van der Waals surface area contributed by atoms with Gasteiger partial charge in [-0.25, -0.2) is 0 Å². The minimum absolute atomic E-state index is 0.0229. The fraction of sp³-hybridized carbons (Fsp3) is 0.615. The molecule has 1 amide bonds. The van der Waals surface area contributed by atoms with Gasteiger partial charge in [0.25, 0.3) is 0 Å². The molecule has 1 aromatic heterocycles. The second-order valence-corrected chi connectivity index (χ2v) is 4.42. The predicted octanol–water partition coefficient (Wildman–Crippen LogP) is 1.55. The Hall–Kier alpha value is -1.85. The Labute approximate surface area is 112 Å². The van der Waals surface area contributed by atoms with E-state index >= 15 is 0 Å². The summed E-state index contributed by atoms with van der Waals surface area (Å²) in [5, 5.41) is 12.5. The van der Waals surface area contributed by atoms with E-state index in [1.807, 2.05) is 20.8 Å². The largest absolute Gasteiger partial charge is 0.481 e. The van der Waals surface area contributed by atoms with Gasteiger partial charge in [-0.3, -0.25) is 9.59 Å². The Morgan fingerprint density at radius 1 is 1.32 bits per heavy atom. The van der Waals surface area contributed by atoms with E-state index < -0.39 is 5.97 Å². The first kappa shape index (κ1) is 15.2. The molecule has 6 nitrogen and oxygen atoms in total. The van der Waals surface area contributed by atoms with Crippen LogP contribution in [-0.2, 0) is 16.0 Å². The number of carboxylic acid groups (broad SMARTS) is 1. The molecular formula is C13H20N2O4. The van der Waals surface area contributed by atoms with Crippen molar-refractivity contribution in [2.75, 3.05) is 13.1 Å². The van der Waals surface area contributed by atoms with E-state index in [-0.39, 0.29) is 18.9 Å². The molecule has 0 spiro atoms. The van der Waals surface area contributed by atoms with Crippen LogP contribution >= 0.6 is 0 Å². The molecule has 1 aromatic rings. The summed E-state index contributed by atoms with van der Waals surface area (Å²) in [4.78, 5) is 24.1. The zero-order valence-corrected chi connectivity index (χ0v) is 11.6. The summed E-state index contributed by atoms with van der Waals surface area (Å²) in [5.74, 6) is -0.195. The molecule has 0 fully saturated rings. The minimum Gasteiger partial charge on any atom is -0.481 e. The van der Waals surface area contributed by atoms with Gasteiger partial charge in [0.05, 0.1) is 12.1 Å². The van der Waals surface area contributed by atoms with Gasteiger partial charge in [0, 0.05) is 25.1 Å². The highest BCUT2D eigenvalue weighted by atomic mass is 16.5.